The summed E-state index contributed by atoms with van der Waals surface area (Å²) in [6.07, 6.45) is 0. The maximum absolute atomic E-state index is 11.7. The van der Waals surface area contributed by atoms with Gasteiger partial charge in [-0.1, -0.05) is 0 Å². The molecule has 0 amide bonds. The molecular weight excluding hydrogens is 276 g/mol. The van der Waals surface area contributed by atoms with Crippen LogP contribution >= 0.6 is 0 Å². The van der Waals surface area contributed by atoms with Crippen LogP contribution in [0.4, 0.5) is 5.69 Å². The van der Waals surface area contributed by atoms with E-state index >= 15 is 0 Å². The van der Waals surface area contributed by atoms with E-state index in [9.17, 15) is 14.9 Å². The van der Waals surface area contributed by atoms with E-state index in [2.05, 4.69) is 0 Å². The highest BCUT2D eigenvalue weighted by Gasteiger charge is 2.31. The van der Waals surface area contributed by atoms with Crippen molar-refractivity contribution in [2.24, 2.45) is 5.73 Å². The first-order valence-electron chi connectivity index (χ1n) is 6.53. The molecule has 0 aliphatic heterocycles. The van der Waals surface area contributed by atoms with E-state index in [1.165, 1.54) is 13.0 Å². The predicted octanol–water partition coefficient (Wildman–Crippen LogP) is 1.87. The van der Waals surface area contributed by atoms with Gasteiger partial charge in [0.1, 0.15) is 17.9 Å². The zero-order valence-electron chi connectivity index (χ0n) is 12.6. The summed E-state index contributed by atoms with van der Waals surface area (Å²) in [4.78, 5) is 22.1. The molecule has 0 bridgehead atoms. The lowest BCUT2D eigenvalue weighted by atomic mass is 10.1. The summed E-state index contributed by atoms with van der Waals surface area (Å²) in [6.45, 7) is 6.68. The first kappa shape index (κ1) is 16.9. The molecule has 116 valence electrons. The summed E-state index contributed by atoms with van der Waals surface area (Å²) in [6, 6.07) is 3.00. The molecule has 0 radical (unpaired) electrons. The number of nitrogens with two attached hydrogens (primary N) is 1. The molecule has 7 nitrogen and oxygen atoms in total. The average molecular weight is 296 g/mol. The summed E-state index contributed by atoms with van der Waals surface area (Å²) < 4.78 is 10.3. The number of nitro benzene ring substituents is 1. The summed E-state index contributed by atoms with van der Waals surface area (Å²) >= 11 is 0. The number of aryl methyl sites for hydroxylation is 2. The molecule has 0 spiro atoms. The standard InChI is InChI=1S/C14H20N2O5/c1-5-20-13(17)14(4,15)8-21-12-7-11(16(18)19)9(2)6-10(12)3/h6-7H,5,8,15H2,1-4H3. The second-order valence-electron chi connectivity index (χ2n) is 5.09. The van der Waals surface area contributed by atoms with Crippen LogP contribution in [0.2, 0.25) is 0 Å². The number of carbonyl (C=O) groups is 1. The largest absolute Gasteiger partial charge is 0.491 e. The van der Waals surface area contributed by atoms with Gasteiger partial charge in [-0.2, -0.15) is 0 Å². The van der Waals surface area contributed by atoms with Crippen molar-refractivity contribution in [3.63, 3.8) is 0 Å². The zero-order chi connectivity index (χ0) is 16.2. The molecule has 0 saturated heterocycles. The van der Waals surface area contributed by atoms with Crippen molar-refractivity contribution < 1.29 is 19.2 Å². The van der Waals surface area contributed by atoms with E-state index in [1.807, 2.05) is 0 Å². The van der Waals surface area contributed by atoms with Crippen LogP contribution < -0.4 is 10.5 Å². The number of hydrogen-bond acceptors (Lipinski definition) is 6. The Morgan fingerprint density at radius 1 is 1.38 bits per heavy atom. The van der Waals surface area contributed by atoms with E-state index in [-0.39, 0.29) is 18.9 Å². The van der Waals surface area contributed by atoms with E-state index in [1.54, 1.807) is 26.8 Å². The maximum atomic E-state index is 11.7. The summed E-state index contributed by atoms with van der Waals surface area (Å²) in [5, 5.41) is 10.9. The number of rotatable bonds is 6. The van der Waals surface area contributed by atoms with Crippen molar-refractivity contribution in [3.8, 4) is 5.75 Å². The Balaban J connectivity index is 2.91. The summed E-state index contributed by atoms with van der Waals surface area (Å²) in [7, 11) is 0. The Hall–Kier alpha value is -2.15. The first-order valence-corrected chi connectivity index (χ1v) is 6.53. The Bertz CT molecular complexity index is 555. The first-order chi connectivity index (χ1) is 9.69. The van der Waals surface area contributed by atoms with Crippen molar-refractivity contribution in [1.29, 1.82) is 0 Å². The van der Waals surface area contributed by atoms with Gasteiger partial charge in [-0.3, -0.25) is 10.1 Å². The number of nitro groups is 1. The molecule has 0 saturated carbocycles. The second-order valence-corrected chi connectivity index (χ2v) is 5.09. The van der Waals surface area contributed by atoms with Gasteiger partial charge in [-0.15, -0.1) is 0 Å². The van der Waals surface area contributed by atoms with Gasteiger partial charge in [0.25, 0.3) is 5.69 Å². The lowest BCUT2D eigenvalue weighted by Crippen LogP contribution is -2.51. The van der Waals surface area contributed by atoms with Gasteiger partial charge in [0, 0.05) is 5.56 Å². The normalized spacial score (nSPS) is 13.4. The van der Waals surface area contributed by atoms with Gasteiger partial charge in [-0.25, -0.2) is 4.79 Å². The Morgan fingerprint density at radius 2 is 2.00 bits per heavy atom. The molecule has 0 fully saturated rings. The highest BCUT2D eigenvalue weighted by molar-refractivity contribution is 5.80. The average Bonchev–Trinajstić information content (AvgIpc) is 2.37. The molecule has 0 aliphatic rings. The van der Waals surface area contributed by atoms with Crippen LogP contribution in [0.15, 0.2) is 12.1 Å². The van der Waals surface area contributed by atoms with Crippen molar-refractivity contribution in [2.75, 3.05) is 13.2 Å². The van der Waals surface area contributed by atoms with Crippen molar-refractivity contribution in [2.45, 2.75) is 33.2 Å². The lowest BCUT2D eigenvalue weighted by Gasteiger charge is -2.23. The molecule has 21 heavy (non-hydrogen) atoms. The number of benzene rings is 1. The molecule has 7 heteroatoms. The van der Waals surface area contributed by atoms with Crippen molar-refractivity contribution in [1.82, 2.24) is 0 Å². The van der Waals surface area contributed by atoms with Gasteiger partial charge in [-0.05, 0) is 39.3 Å². The van der Waals surface area contributed by atoms with Gasteiger partial charge >= 0.3 is 5.97 Å². The maximum Gasteiger partial charge on any atom is 0.329 e. The predicted molar refractivity (Wildman–Crippen MR) is 77.3 cm³/mol. The van der Waals surface area contributed by atoms with E-state index in [0.717, 1.165) is 5.56 Å². The molecule has 0 aromatic heterocycles. The minimum atomic E-state index is -1.32. The lowest BCUT2D eigenvalue weighted by molar-refractivity contribution is -0.385. The fourth-order valence-corrected chi connectivity index (χ4v) is 1.76. The van der Waals surface area contributed by atoms with Crippen LogP contribution in [-0.4, -0.2) is 29.6 Å². The smallest absolute Gasteiger partial charge is 0.329 e. The van der Waals surface area contributed by atoms with Crippen LogP contribution in [0.3, 0.4) is 0 Å². The quantitative estimate of drug-likeness (QED) is 0.488. The fourth-order valence-electron chi connectivity index (χ4n) is 1.76. The molecule has 1 aromatic rings. The number of carbonyl (C=O) groups excluding carboxylic acids is 1. The SMILES string of the molecule is CCOC(=O)C(C)(N)COc1cc([N+](=O)[O-])c(C)cc1C. The van der Waals surface area contributed by atoms with Gasteiger partial charge < -0.3 is 15.2 Å². The molecule has 1 aromatic carbocycles. The van der Waals surface area contributed by atoms with Gasteiger partial charge in [0.2, 0.25) is 0 Å². The van der Waals surface area contributed by atoms with Crippen LogP contribution in [0.5, 0.6) is 5.75 Å². The topological polar surface area (TPSA) is 105 Å². The van der Waals surface area contributed by atoms with Crippen molar-refractivity contribution >= 4 is 11.7 Å². The summed E-state index contributed by atoms with van der Waals surface area (Å²) in [5.41, 5.74) is 5.77. The Morgan fingerprint density at radius 3 is 2.52 bits per heavy atom. The third-order valence-electron chi connectivity index (χ3n) is 2.96. The van der Waals surface area contributed by atoms with Gasteiger partial charge in [0.15, 0.2) is 0 Å². The molecule has 1 rings (SSSR count). The molecule has 2 N–H and O–H groups in total. The number of esters is 1. The Labute approximate surface area is 123 Å². The third kappa shape index (κ3) is 4.16. The Kier molecular flexibility index (Phi) is 5.26. The van der Waals surface area contributed by atoms with E-state index < -0.39 is 16.4 Å². The zero-order valence-corrected chi connectivity index (χ0v) is 12.6. The summed E-state index contributed by atoms with van der Waals surface area (Å²) in [5.74, 6) is -0.252. The van der Waals surface area contributed by atoms with Crippen LogP contribution in [-0.2, 0) is 9.53 Å². The molecular formula is C14H20N2O5. The van der Waals surface area contributed by atoms with E-state index in [0.29, 0.717) is 11.3 Å². The monoisotopic (exact) mass is 296 g/mol. The highest BCUT2D eigenvalue weighted by Crippen LogP contribution is 2.28. The highest BCUT2D eigenvalue weighted by atomic mass is 16.6. The van der Waals surface area contributed by atoms with Crippen LogP contribution in [0.1, 0.15) is 25.0 Å². The second kappa shape index (κ2) is 6.53. The fraction of sp³-hybridized carbons (Fsp3) is 0.500. The van der Waals surface area contributed by atoms with Crippen LogP contribution in [0.25, 0.3) is 0 Å². The van der Waals surface area contributed by atoms with Crippen LogP contribution in [0, 0.1) is 24.0 Å². The minimum Gasteiger partial charge on any atom is -0.491 e. The molecule has 1 unspecified atom stereocenters. The minimum absolute atomic E-state index is 0.0366. The number of ether oxygens (including phenoxy) is 2. The van der Waals surface area contributed by atoms with Gasteiger partial charge in [0.05, 0.1) is 17.6 Å². The number of nitrogens with zero attached hydrogens (tertiary/aromatic N) is 1. The van der Waals surface area contributed by atoms with Crippen molar-refractivity contribution in [3.05, 3.63) is 33.4 Å². The third-order valence-corrected chi connectivity index (χ3v) is 2.96. The molecule has 1 atom stereocenters. The molecule has 0 aliphatic carbocycles. The molecule has 0 heterocycles. The number of hydrogen-bond donors (Lipinski definition) is 1. The van der Waals surface area contributed by atoms with E-state index in [4.69, 9.17) is 15.2 Å².